The number of fused-ring (bicyclic) bond motifs is 2. The minimum absolute atomic E-state index is 0.0546. The summed E-state index contributed by atoms with van der Waals surface area (Å²) in [5.74, 6) is 1.36. The van der Waals surface area contributed by atoms with Gasteiger partial charge >= 0.3 is 0 Å². The predicted molar refractivity (Wildman–Crippen MR) is 121 cm³/mol. The van der Waals surface area contributed by atoms with E-state index >= 15 is 0 Å². The monoisotopic (exact) mass is 423 g/mol. The summed E-state index contributed by atoms with van der Waals surface area (Å²) in [5.41, 5.74) is -0.266. The molecule has 1 aliphatic rings. The Hall–Kier alpha value is -2.41. The number of aliphatic hydroxyl groups excluding tert-OH is 1. The lowest BCUT2D eigenvalue weighted by Gasteiger charge is -2.29. The van der Waals surface area contributed by atoms with Crippen molar-refractivity contribution in [1.29, 1.82) is 0 Å². The van der Waals surface area contributed by atoms with E-state index in [9.17, 15) is 9.90 Å². The van der Waals surface area contributed by atoms with E-state index in [0.717, 1.165) is 21.4 Å². The molecule has 6 heteroatoms. The standard InChI is InChI=1S/C23H21NO3S2/c25-15-23(12-13-29-20-11-4-3-9-18(20)21(23)26)14-24-22(28)27-19-10-5-7-16-6-1-2-8-17(16)19/h1-11,25H,12-15H2,(H,24,28). The number of hydrogen-bond donors (Lipinski definition) is 2. The summed E-state index contributed by atoms with van der Waals surface area (Å²) in [5, 5.41) is 15.4. The average molecular weight is 424 g/mol. The molecule has 0 fully saturated rings. The Morgan fingerprint density at radius 3 is 2.72 bits per heavy atom. The number of rotatable bonds is 4. The average Bonchev–Trinajstić information content (AvgIpc) is 2.90. The van der Waals surface area contributed by atoms with E-state index in [2.05, 4.69) is 5.32 Å². The molecule has 4 rings (SSSR count). The summed E-state index contributed by atoms with van der Waals surface area (Å²) in [6.45, 7) is -0.0224. The number of aliphatic hydroxyl groups is 1. The van der Waals surface area contributed by atoms with Gasteiger partial charge in [0.2, 0.25) is 0 Å². The van der Waals surface area contributed by atoms with Crippen molar-refractivity contribution in [1.82, 2.24) is 5.32 Å². The zero-order valence-corrected chi connectivity index (χ0v) is 17.4. The molecule has 4 nitrogen and oxygen atoms in total. The highest BCUT2D eigenvalue weighted by atomic mass is 32.2. The third-order valence-corrected chi connectivity index (χ3v) is 6.58. The first-order valence-corrected chi connectivity index (χ1v) is 10.8. The normalized spacial score (nSPS) is 18.7. The fraction of sp³-hybridized carbons (Fsp3) is 0.217. The molecular weight excluding hydrogens is 402 g/mol. The van der Waals surface area contributed by atoms with Gasteiger partial charge in [0.1, 0.15) is 5.75 Å². The molecule has 1 heterocycles. The maximum atomic E-state index is 13.2. The van der Waals surface area contributed by atoms with Crippen molar-refractivity contribution in [2.75, 3.05) is 18.9 Å². The topological polar surface area (TPSA) is 58.6 Å². The maximum Gasteiger partial charge on any atom is 0.262 e. The minimum Gasteiger partial charge on any atom is -0.431 e. The second kappa shape index (κ2) is 8.53. The molecule has 148 valence electrons. The van der Waals surface area contributed by atoms with Gasteiger partial charge in [-0.1, -0.05) is 54.6 Å². The van der Waals surface area contributed by atoms with Crippen LogP contribution in [0.25, 0.3) is 10.8 Å². The van der Waals surface area contributed by atoms with E-state index in [1.54, 1.807) is 11.8 Å². The third-order valence-electron chi connectivity index (χ3n) is 5.28. The van der Waals surface area contributed by atoms with Crippen LogP contribution in [0, 0.1) is 5.41 Å². The number of carbonyl (C=O) groups excluding carboxylic acids is 1. The molecule has 1 atom stereocenters. The first-order chi connectivity index (χ1) is 14.1. The Morgan fingerprint density at radius 2 is 1.86 bits per heavy atom. The molecule has 0 bridgehead atoms. The number of nitrogens with one attached hydrogen (secondary N) is 1. The Labute approximate surface area is 179 Å². The highest BCUT2D eigenvalue weighted by Gasteiger charge is 2.41. The molecule has 0 amide bonds. The van der Waals surface area contributed by atoms with Gasteiger partial charge in [0.05, 0.1) is 12.0 Å². The largest absolute Gasteiger partial charge is 0.431 e. The van der Waals surface area contributed by atoms with Crippen molar-refractivity contribution in [3.8, 4) is 5.75 Å². The number of thioether (sulfide) groups is 1. The van der Waals surface area contributed by atoms with Gasteiger partial charge in [0, 0.05) is 22.4 Å². The molecule has 0 saturated carbocycles. The number of ketones is 1. The van der Waals surface area contributed by atoms with E-state index in [1.165, 1.54) is 0 Å². The van der Waals surface area contributed by atoms with E-state index < -0.39 is 5.41 Å². The Bertz CT molecular complexity index is 1060. The first kappa shape index (κ1) is 19.9. The number of carbonyl (C=O) groups is 1. The zero-order chi connectivity index (χ0) is 20.3. The molecule has 3 aromatic carbocycles. The molecule has 0 spiro atoms. The van der Waals surface area contributed by atoms with E-state index in [-0.39, 0.29) is 24.1 Å². The summed E-state index contributed by atoms with van der Waals surface area (Å²) >= 11 is 7.03. The molecule has 2 N–H and O–H groups in total. The van der Waals surface area contributed by atoms with Gasteiger partial charge in [-0.3, -0.25) is 4.79 Å². The van der Waals surface area contributed by atoms with Crippen LogP contribution in [0.1, 0.15) is 16.8 Å². The minimum atomic E-state index is -0.925. The number of ether oxygens (including phenoxy) is 1. The lowest BCUT2D eigenvalue weighted by Crippen LogP contribution is -2.46. The van der Waals surface area contributed by atoms with Crippen molar-refractivity contribution in [2.45, 2.75) is 11.3 Å². The van der Waals surface area contributed by atoms with Crippen LogP contribution >= 0.6 is 24.0 Å². The predicted octanol–water partition coefficient (Wildman–Crippen LogP) is 4.45. The van der Waals surface area contributed by atoms with Gasteiger partial charge < -0.3 is 15.2 Å². The van der Waals surface area contributed by atoms with Gasteiger partial charge in [0.15, 0.2) is 5.78 Å². The van der Waals surface area contributed by atoms with Crippen molar-refractivity contribution < 1.29 is 14.6 Å². The fourth-order valence-corrected chi connectivity index (χ4v) is 4.94. The fourth-order valence-electron chi connectivity index (χ4n) is 3.57. The quantitative estimate of drug-likeness (QED) is 0.605. The van der Waals surface area contributed by atoms with Crippen LogP contribution in [-0.2, 0) is 0 Å². The van der Waals surface area contributed by atoms with Gasteiger partial charge in [-0.15, -0.1) is 11.8 Å². The van der Waals surface area contributed by atoms with Crippen LogP contribution in [0.4, 0.5) is 0 Å². The van der Waals surface area contributed by atoms with E-state index in [4.69, 9.17) is 17.0 Å². The van der Waals surface area contributed by atoms with Gasteiger partial charge in [-0.2, -0.15) is 0 Å². The van der Waals surface area contributed by atoms with Crippen LogP contribution < -0.4 is 10.1 Å². The Balaban J connectivity index is 1.51. The summed E-state index contributed by atoms with van der Waals surface area (Å²) in [7, 11) is 0. The van der Waals surface area contributed by atoms with Gasteiger partial charge in [-0.25, -0.2) is 0 Å². The highest BCUT2D eigenvalue weighted by molar-refractivity contribution is 7.99. The SMILES string of the molecule is O=C1c2ccccc2SCCC1(CO)CNC(=S)Oc1cccc2ccccc12. The second-order valence-corrected chi connectivity index (χ2v) is 8.59. The summed E-state index contributed by atoms with van der Waals surface area (Å²) in [6, 6.07) is 21.3. The van der Waals surface area contributed by atoms with Gasteiger partial charge in [-0.05, 0) is 41.9 Å². The van der Waals surface area contributed by atoms with Crippen LogP contribution in [-0.4, -0.2) is 35.0 Å². The molecule has 0 aliphatic carbocycles. The zero-order valence-electron chi connectivity index (χ0n) is 15.8. The van der Waals surface area contributed by atoms with Crippen LogP contribution in [0.5, 0.6) is 5.75 Å². The highest BCUT2D eigenvalue weighted by Crippen LogP contribution is 2.37. The molecule has 0 radical (unpaired) electrons. The Kier molecular flexibility index (Phi) is 5.85. The lowest BCUT2D eigenvalue weighted by atomic mass is 9.78. The number of thiocarbonyl (C=S) groups is 1. The number of Topliss-reactive ketones (excluding diaryl/α,β-unsaturated/α-hetero) is 1. The summed E-state index contributed by atoms with van der Waals surface area (Å²) < 4.78 is 5.87. The molecule has 1 aliphatic heterocycles. The maximum absolute atomic E-state index is 13.2. The van der Waals surface area contributed by atoms with Crippen molar-refractivity contribution >= 4 is 45.7 Å². The molecule has 3 aromatic rings. The number of hydrogen-bond acceptors (Lipinski definition) is 5. The van der Waals surface area contributed by atoms with Crippen LogP contribution in [0.2, 0.25) is 0 Å². The van der Waals surface area contributed by atoms with Gasteiger partial charge in [0.25, 0.3) is 5.17 Å². The first-order valence-electron chi connectivity index (χ1n) is 9.44. The lowest BCUT2D eigenvalue weighted by molar-refractivity contribution is 0.0638. The Morgan fingerprint density at radius 1 is 1.10 bits per heavy atom. The van der Waals surface area contributed by atoms with Crippen molar-refractivity contribution in [3.05, 3.63) is 72.3 Å². The third kappa shape index (κ3) is 4.01. The smallest absolute Gasteiger partial charge is 0.262 e. The molecule has 1 unspecified atom stereocenters. The molecule has 29 heavy (non-hydrogen) atoms. The summed E-state index contributed by atoms with van der Waals surface area (Å²) in [6.07, 6.45) is 0.561. The molecular formula is C23H21NO3S2. The van der Waals surface area contributed by atoms with Crippen molar-refractivity contribution in [2.24, 2.45) is 5.41 Å². The number of benzene rings is 3. The van der Waals surface area contributed by atoms with Crippen molar-refractivity contribution in [3.63, 3.8) is 0 Å². The van der Waals surface area contributed by atoms with Crippen LogP contribution in [0.3, 0.4) is 0 Å². The molecule has 0 aromatic heterocycles. The molecule has 0 saturated heterocycles. The van der Waals surface area contributed by atoms with Crippen LogP contribution in [0.15, 0.2) is 71.6 Å². The second-order valence-electron chi connectivity index (χ2n) is 7.08. The van der Waals surface area contributed by atoms with E-state index in [0.29, 0.717) is 17.7 Å². The summed E-state index contributed by atoms with van der Waals surface area (Å²) in [4.78, 5) is 14.2. The van der Waals surface area contributed by atoms with E-state index in [1.807, 2.05) is 66.7 Å².